The first-order valence-corrected chi connectivity index (χ1v) is 9.96. The first-order valence-electron chi connectivity index (χ1n) is 9.96. The Morgan fingerprint density at radius 3 is 2.10 bits per heavy atom. The van der Waals surface area contributed by atoms with Gasteiger partial charge in [0.05, 0.1) is 12.6 Å². The summed E-state index contributed by atoms with van der Waals surface area (Å²) in [6, 6.07) is 17.7. The lowest BCUT2D eigenvalue weighted by Crippen LogP contribution is -2.44. The molecule has 0 bridgehead atoms. The van der Waals surface area contributed by atoms with Gasteiger partial charge in [-0.05, 0) is 50.5 Å². The van der Waals surface area contributed by atoms with E-state index in [1.807, 2.05) is 75.2 Å². The number of aliphatic hydroxyl groups excluding tert-OH is 1. The number of rotatable bonds is 4. The minimum Gasteiger partial charge on any atom is -0.457 e. The standard InChI is InChI=1S/C13H12O.C9H16N2O2.CH4O.CH2O/c1-11-7-9-13(10-8-11)14-12-5-3-2-4-6-12;1-6-3-8(5-12)11(7(6)2)9(13)4-10;2*1-2/h2-10H,1H3;5-8H,3-4,10H2,1-2H3;2H,1H3;1H2/t;6-,7?,8?;;/m.0../s1. The van der Waals surface area contributed by atoms with Gasteiger partial charge in [-0.3, -0.25) is 4.79 Å². The van der Waals surface area contributed by atoms with Gasteiger partial charge in [0.25, 0.3) is 0 Å². The second-order valence-electron chi connectivity index (χ2n) is 6.89. The summed E-state index contributed by atoms with van der Waals surface area (Å²) >= 11 is 0. The maximum absolute atomic E-state index is 11.4. The number of nitrogens with zero attached hydrogens (tertiary/aromatic N) is 1. The van der Waals surface area contributed by atoms with Gasteiger partial charge in [-0.25, -0.2) is 0 Å². The zero-order chi connectivity index (χ0) is 23.8. The molecule has 7 nitrogen and oxygen atoms in total. The quantitative estimate of drug-likeness (QED) is 0.722. The first-order chi connectivity index (χ1) is 15.0. The van der Waals surface area contributed by atoms with Crippen molar-refractivity contribution in [3.8, 4) is 11.5 Å². The number of carbonyl (C=O) groups excluding carboxylic acids is 3. The van der Waals surface area contributed by atoms with Crippen molar-refractivity contribution >= 4 is 19.0 Å². The molecule has 0 aromatic heterocycles. The van der Waals surface area contributed by atoms with Gasteiger partial charge in [0.15, 0.2) is 0 Å². The molecule has 2 aromatic carbocycles. The second kappa shape index (κ2) is 15.8. The van der Waals surface area contributed by atoms with Crippen LogP contribution in [0.3, 0.4) is 0 Å². The molecule has 3 atom stereocenters. The van der Waals surface area contributed by atoms with Gasteiger partial charge in [-0.2, -0.15) is 0 Å². The fourth-order valence-electron chi connectivity index (χ4n) is 3.14. The summed E-state index contributed by atoms with van der Waals surface area (Å²) < 4.78 is 5.63. The Morgan fingerprint density at radius 2 is 1.61 bits per heavy atom. The number of aldehydes is 1. The van der Waals surface area contributed by atoms with E-state index in [0.29, 0.717) is 5.92 Å². The molecule has 2 aromatic rings. The molecular formula is C24H34N2O5. The van der Waals surface area contributed by atoms with Gasteiger partial charge in [-0.1, -0.05) is 42.8 Å². The van der Waals surface area contributed by atoms with Crippen molar-refractivity contribution in [1.29, 1.82) is 0 Å². The fraction of sp³-hybridized carbons (Fsp3) is 0.375. The lowest BCUT2D eigenvalue weighted by molar-refractivity contribution is -0.135. The van der Waals surface area contributed by atoms with Gasteiger partial charge < -0.3 is 30.1 Å². The molecule has 0 aliphatic carbocycles. The van der Waals surface area contributed by atoms with E-state index < -0.39 is 0 Å². The monoisotopic (exact) mass is 430 g/mol. The summed E-state index contributed by atoms with van der Waals surface area (Å²) in [4.78, 5) is 31.7. The molecule has 2 unspecified atom stereocenters. The number of hydrogen-bond donors (Lipinski definition) is 2. The molecule has 1 heterocycles. The summed E-state index contributed by atoms with van der Waals surface area (Å²) in [7, 11) is 1.00. The summed E-state index contributed by atoms with van der Waals surface area (Å²) in [6.07, 6.45) is 1.60. The van der Waals surface area contributed by atoms with Crippen LogP contribution in [0.5, 0.6) is 11.5 Å². The Morgan fingerprint density at radius 1 is 1.10 bits per heavy atom. The van der Waals surface area contributed by atoms with Crippen LogP contribution in [-0.4, -0.2) is 54.7 Å². The molecule has 1 aliphatic heterocycles. The van der Waals surface area contributed by atoms with E-state index in [9.17, 15) is 9.59 Å². The number of carbonyl (C=O) groups is 3. The van der Waals surface area contributed by atoms with Crippen LogP contribution in [0.1, 0.15) is 25.8 Å². The Labute approximate surface area is 184 Å². The molecule has 1 amide bonds. The van der Waals surface area contributed by atoms with Crippen LogP contribution in [0.15, 0.2) is 54.6 Å². The maximum atomic E-state index is 11.4. The molecule has 170 valence electrons. The lowest BCUT2D eigenvalue weighted by atomic mass is 10.0. The van der Waals surface area contributed by atoms with Crippen LogP contribution in [0.4, 0.5) is 0 Å². The van der Waals surface area contributed by atoms with E-state index in [1.54, 1.807) is 4.90 Å². The molecule has 0 radical (unpaired) electrons. The van der Waals surface area contributed by atoms with Crippen LogP contribution in [0, 0.1) is 12.8 Å². The highest BCUT2D eigenvalue weighted by Gasteiger charge is 2.38. The molecule has 3 rings (SSSR count). The van der Waals surface area contributed by atoms with E-state index in [4.69, 9.17) is 20.4 Å². The fourth-order valence-corrected chi connectivity index (χ4v) is 3.14. The van der Waals surface area contributed by atoms with Crippen LogP contribution in [0.2, 0.25) is 0 Å². The second-order valence-corrected chi connectivity index (χ2v) is 6.89. The average molecular weight is 431 g/mol. The highest BCUT2D eigenvalue weighted by Crippen LogP contribution is 2.28. The number of likely N-dealkylation sites (tertiary alicyclic amines) is 1. The van der Waals surface area contributed by atoms with E-state index in [0.717, 1.165) is 31.3 Å². The van der Waals surface area contributed by atoms with Crippen molar-refractivity contribution in [3.63, 3.8) is 0 Å². The van der Waals surface area contributed by atoms with Crippen LogP contribution < -0.4 is 10.5 Å². The van der Waals surface area contributed by atoms with Gasteiger partial charge in [0.2, 0.25) is 5.91 Å². The summed E-state index contributed by atoms with van der Waals surface area (Å²) in [5.74, 6) is 2.00. The van der Waals surface area contributed by atoms with Crippen LogP contribution >= 0.6 is 0 Å². The zero-order valence-corrected chi connectivity index (χ0v) is 18.7. The minimum absolute atomic E-state index is 0.0125. The van der Waals surface area contributed by atoms with Crippen molar-refractivity contribution in [2.75, 3.05) is 13.7 Å². The minimum atomic E-state index is -0.263. The van der Waals surface area contributed by atoms with Crippen LogP contribution in [-0.2, 0) is 14.4 Å². The number of aryl methyl sites for hydroxylation is 1. The number of aliphatic hydroxyl groups is 1. The summed E-state index contributed by atoms with van der Waals surface area (Å²) in [5.41, 5.74) is 6.51. The third-order valence-corrected chi connectivity index (χ3v) is 4.85. The average Bonchev–Trinajstić information content (AvgIpc) is 3.12. The molecule has 1 saturated heterocycles. The summed E-state index contributed by atoms with van der Waals surface area (Å²) in [5, 5.41) is 7.00. The highest BCUT2D eigenvalue weighted by molar-refractivity contribution is 5.82. The van der Waals surface area contributed by atoms with Crippen molar-refractivity contribution in [3.05, 3.63) is 60.2 Å². The molecule has 31 heavy (non-hydrogen) atoms. The van der Waals surface area contributed by atoms with Crippen molar-refractivity contribution < 1.29 is 24.2 Å². The highest BCUT2D eigenvalue weighted by atomic mass is 16.5. The van der Waals surface area contributed by atoms with Gasteiger partial charge in [-0.15, -0.1) is 0 Å². The molecular weight excluding hydrogens is 396 g/mol. The van der Waals surface area contributed by atoms with E-state index in [-0.39, 0.29) is 24.5 Å². The largest absolute Gasteiger partial charge is 0.457 e. The lowest BCUT2D eigenvalue weighted by Gasteiger charge is -2.25. The topological polar surface area (TPSA) is 110 Å². The third kappa shape index (κ3) is 9.11. The molecule has 7 heteroatoms. The van der Waals surface area contributed by atoms with E-state index in [2.05, 4.69) is 6.92 Å². The number of hydrogen-bond acceptors (Lipinski definition) is 6. The van der Waals surface area contributed by atoms with Gasteiger partial charge >= 0.3 is 0 Å². The molecule has 1 aliphatic rings. The molecule has 0 spiro atoms. The summed E-state index contributed by atoms with van der Waals surface area (Å²) in [6.45, 7) is 8.06. The Bertz CT molecular complexity index is 752. The Hall–Kier alpha value is -3.03. The normalized spacial score (nSPS) is 18.8. The number of amides is 1. The van der Waals surface area contributed by atoms with E-state index >= 15 is 0 Å². The SMILES string of the molecule is C=O.CC1[C@@H](C)CC(C=O)N1C(=O)CN.CO.Cc1ccc(Oc2ccccc2)cc1. The Kier molecular flexibility index (Phi) is 14.2. The number of nitrogens with two attached hydrogens (primary N) is 1. The maximum Gasteiger partial charge on any atom is 0.237 e. The first kappa shape index (κ1) is 28.0. The third-order valence-electron chi connectivity index (χ3n) is 4.85. The Balaban J connectivity index is 0.000000502. The van der Waals surface area contributed by atoms with E-state index in [1.165, 1.54) is 5.56 Å². The smallest absolute Gasteiger partial charge is 0.237 e. The van der Waals surface area contributed by atoms with Gasteiger partial charge in [0, 0.05) is 13.2 Å². The molecule has 1 fully saturated rings. The predicted molar refractivity (Wildman–Crippen MR) is 122 cm³/mol. The number of ether oxygens (including phenoxy) is 1. The number of benzene rings is 2. The molecule has 0 saturated carbocycles. The van der Waals surface area contributed by atoms with Crippen LogP contribution in [0.25, 0.3) is 0 Å². The molecule has 3 N–H and O–H groups in total. The number of para-hydroxylation sites is 1. The predicted octanol–water partition coefficient (Wildman–Crippen LogP) is 2.98. The van der Waals surface area contributed by atoms with Crippen molar-refractivity contribution in [1.82, 2.24) is 4.90 Å². The van der Waals surface area contributed by atoms with Gasteiger partial charge in [0.1, 0.15) is 24.6 Å². The zero-order valence-electron chi connectivity index (χ0n) is 18.7. The van der Waals surface area contributed by atoms with Crippen molar-refractivity contribution in [2.24, 2.45) is 11.7 Å². The van der Waals surface area contributed by atoms with Crippen molar-refractivity contribution in [2.45, 2.75) is 39.3 Å².